The van der Waals surface area contributed by atoms with Gasteiger partial charge in [-0.15, -0.1) is 0 Å². The Hall–Kier alpha value is -3.54. The van der Waals surface area contributed by atoms with E-state index in [1.54, 1.807) is 12.4 Å². The molecule has 4 rings (SSSR count). The van der Waals surface area contributed by atoms with Gasteiger partial charge in [-0.05, 0) is 67.7 Å². The van der Waals surface area contributed by atoms with Gasteiger partial charge in [0, 0.05) is 24.5 Å². The Morgan fingerprint density at radius 2 is 1.81 bits per heavy atom. The summed E-state index contributed by atoms with van der Waals surface area (Å²) in [5.74, 6) is -0.0764. The second-order valence-corrected chi connectivity index (χ2v) is 10.2. The second-order valence-electron chi connectivity index (χ2n) is 10.2. The van der Waals surface area contributed by atoms with Crippen LogP contribution in [-0.2, 0) is 24.1 Å². The monoisotopic (exact) mass is 498 g/mol. The molecule has 0 aliphatic heterocycles. The van der Waals surface area contributed by atoms with Gasteiger partial charge in [0.1, 0.15) is 11.8 Å². The van der Waals surface area contributed by atoms with Crippen LogP contribution in [0.1, 0.15) is 69.3 Å². The first-order valence-corrected chi connectivity index (χ1v) is 13.6. The van der Waals surface area contributed by atoms with Gasteiger partial charge in [-0.2, -0.15) is 0 Å². The zero-order chi connectivity index (χ0) is 26.0. The van der Waals surface area contributed by atoms with E-state index >= 15 is 0 Å². The highest BCUT2D eigenvalue weighted by atomic mass is 16.4. The number of imidazole rings is 1. The first-order chi connectivity index (χ1) is 18.0. The summed E-state index contributed by atoms with van der Waals surface area (Å²) in [7, 11) is 0. The Morgan fingerprint density at radius 3 is 2.54 bits per heavy atom. The third-order valence-corrected chi connectivity index (χ3v) is 7.09. The van der Waals surface area contributed by atoms with Gasteiger partial charge in [-0.25, -0.2) is 4.98 Å². The van der Waals surface area contributed by atoms with Gasteiger partial charge in [-0.1, -0.05) is 63.4 Å². The lowest BCUT2D eigenvalue weighted by Crippen LogP contribution is -2.10. The molecule has 3 heterocycles. The summed E-state index contributed by atoms with van der Waals surface area (Å²) in [6, 6.07) is 16.9. The number of carbonyl (C=O) groups is 1. The van der Waals surface area contributed by atoms with Crippen molar-refractivity contribution >= 4 is 17.0 Å². The van der Waals surface area contributed by atoms with Gasteiger partial charge in [-0.3, -0.25) is 19.3 Å². The van der Waals surface area contributed by atoms with Crippen molar-refractivity contribution < 1.29 is 9.90 Å². The van der Waals surface area contributed by atoms with Crippen molar-refractivity contribution in [3.05, 3.63) is 84.2 Å². The topological polar surface area (TPSA) is 80.9 Å². The minimum Gasteiger partial charge on any atom is -0.481 e. The number of benzene rings is 1. The number of hydrogen-bond acceptors (Lipinski definition) is 4. The molecule has 0 aliphatic carbocycles. The Bertz CT molecular complexity index is 1270. The van der Waals surface area contributed by atoms with Gasteiger partial charge >= 0.3 is 5.97 Å². The molecule has 6 heteroatoms. The molecule has 0 saturated carbocycles. The van der Waals surface area contributed by atoms with Crippen molar-refractivity contribution in [1.82, 2.24) is 19.5 Å². The van der Waals surface area contributed by atoms with Gasteiger partial charge in [0.15, 0.2) is 0 Å². The van der Waals surface area contributed by atoms with Crippen LogP contribution in [0, 0.1) is 11.8 Å². The van der Waals surface area contributed by atoms with Gasteiger partial charge in [0.05, 0.1) is 16.9 Å². The maximum absolute atomic E-state index is 11.3. The maximum Gasteiger partial charge on any atom is 0.303 e. The number of fused-ring (bicyclic) bond motifs is 1. The average molecular weight is 499 g/mol. The van der Waals surface area contributed by atoms with E-state index in [0.29, 0.717) is 12.3 Å². The third-order valence-electron chi connectivity index (χ3n) is 7.09. The summed E-state index contributed by atoms with van der Waals surface area (Å²) in [4.78, 5) is 25.1. The normalized spacial score (nSPS) is 13.0. The van der Waals surface area contributed by atoms with Crippen molar-refractivity contribution in [1.29, 1.82) is 0 Å². The number of rotatable bonds is 14. The molecule has 2 unspecified atom stereocenters. The molecule has 1 aromatic carbocycles. The van der Waals surface area contributed by atoms with Crippen LogP contribution in [-0.4, -0.2) is 30.6 Å². The summed E-state index contributed by atoms with van der Waals surface area (Å²) in [5.41, 5.74) is 6.23. The zero-order valence-corrected chi connectivity index (χ0v) is 22.0. The Morgan fingerprint density at radius 1 is 1.03 bits per heavy atom. The predicted molar refractivity (Wildman–Crippen MR) is 148 cm³/mol. The van der Waals surface area contributed by atoms with Crippen molar-refractivity contribution in [2.45, 2.75) is 71.6 Å². The fourth-order valence-electron chi connectivity index (χ4n) is 5.24. The first kappa shape index (κ1) is 26.5. The summed E-state index contributed by atoms with van der Waals surface area (Å²) in [5, 5.41) is 9.26. The van der Waals surface area contributed by atoms with E-state index < -0.39 is 5.97 Å². The molecule has 194 valence electrons. The quantitative estimate of drug-likeness (QED) is 0.206. The Labute approximate surface area is 219 Å². The molecule has 0 radical (unpaired) electrons. The molecular weight excluding hydrogens is 460 g/mol. The predicted octanol–water partition coefficient (Wildman–Crippen LogP) is 6.84. The van der Waals surface area contributed by atoms with Crippen molar-refractivity contribution in [2.75, 3.05) is 0 Å². The van der Waals surface area contributed by atoms with E-state index in [4.69, 9.17) is 4.98 Å². The molecule has 0 fully saturated rings. The van der Waals surface area contributed by atoms with Crippen LogP contribution in [0.2, 0.25) is 0 Å². The van der Waals surface area contributed by atoms with Crippen LogP contribution in [0.3, 0.4) is 0 Å². The van der Waals surface area contributed by atoms with E-state index in [0.717, 1.165) is 47.4 Å². The van der Waals surface area contributed by atoms with E-state index in [1.165, 1.54) is 31.2 Å². The number of aliphatic carboxylic acids is 1. The second kappa shape index (κ2) is 13.1. The Balaban J connectivity index is 1.51. The number of aryl methyl sites for hydroxylation is 2. The van der Waals surface area contributed by atoms with E-state index in [1.807, 2.05) is 25.4 Å². The molecule has 37 heavy (non-hydrogen) atoms. The van der Waals surface area contributed by atoms with Crippen LogP contribution in [0.5, 0.6) is 0 Å². The van der Waals surface area contributed by atoms with E-state index in [-0.39, 0.29) is 12.3 Å². The molecule has 3 aromatic heterocycles. The van der Waals surface area contributed by atoms with Crippen molar-refractivity contribution in [2.24, 2.45) is 11.8 Å². The van der Waals surface area contributed by atoms with Gasteiger partial charge < -0.3 is 5.11 Å². The fraction of sp³-hybridized carbons (Fsp3) is 0.419. The van der Waals surface area contributed by atoms with Gasteiger partial charge in [0.2, 0.25) is 0 Å². The number of carboxylic acids is 1. The number of hydrogen-bond donors (Lipinski definition) is 1. The van der Waals surface area contributed by atoms with Crippen molar-refractivity contribution in [3.63, 3.8) is 0 Å². The highest BCUT2D eigenvalue weighted by Crippen LogP contribution is 2.26. The molecule has 0 aliphatic rings. The summed E-state index contributed by atoms with van der Waals surface area (Å²) < 4.78 is 2.08. The zero-order valence-electron chi connectivity index (χ0n) is 22.0. The molecule has 1 N–H and O–H groups in total. The summed E-state index contributed by atoms with van der Waals surface area (Å²) in [6.07, 6.45) is 14.1. The lowest BCUT2D eigenvalue weighted by molar-refractivity contribution is -0.137. The lowest BCUT2D eigenvalue weighted by Gasteiger charge is -2.16. The maximum atomic E-state index is 11.3. The van der Waals surface area contributed by atoms with E-state index in [9.17, 15) is 9.90 Å². The molecule has 6 nitrogen and oxygen atoms in total. The number of carboxylic acid groups (broad SMARTS) is 1. The first-order valence-electron chi connectivity index (χ1n) is 13.6. The summed E-state index contributed by atoms with van der Waals surface area (Å²) in [6.45, 7) is 4.24. The van der Waals surface area contributed by atoms with Crippen LogP contribution in [0.15, 0.2) is 67.3 Å². The molecule has 4 aromatic rings. The average Bonchev–Trinajstić information content (AvgIpc) is 3.32. The van der Waals surface area contributed by atoms with Crippen LogP contribution in [0.25, 0.3) is 16.7 Å². The highest BCUT2D eigenvalue weighted by molar-refractivity contribution is 5.80. The molecule has 2 atom stereocenters. The minimum atomic E-state index is -0.778. The lowest BCUT2D eigenvalue weighted by atomic mass is 9.90. The van der Waals surface area contributed by atoms with E-state index in [2.05, 4.69) is 57.9 Å². The minimum absolute atomic E-state index is 0.0125. The third kappa shape index (κ3) is 7.48. The van der Waals surface area contributed by atoms with Crippen molar-refractivity contribution in [3.8, 4) is 5.69 Å². The molecule has 0 saturated heterocycles. The van der Waals surface area contributed by atoms with Crippen LogP contribution < -0.4 is 0 Å². The summed E-state index contributed by atoms with van der Waals surface area (Å²) >= 11 is 0. The van der Waals surface area contributed by atoms with Crippen LogP contribution in [0.4, 0.5) is 0 Å². The van der Waals surface area contributed by atoms with Crippen LogP contribution >= 0.6 is 0 Å². The number of aromatic nitrogens is 4. The van der Waals surface area contributed by atoms with Gasteiger partial charge in [0.25, 0.3) is 0 Å². The highest BCUT2D eigenvalue weighted by Gasteiger charge is 2.17. The smallest absolute Gasteiger partial charge is 0.303 e. The molecule has 0 spiro atoms. The molecular formula is C31H38N4O2. The SMILES string of the molecule is CCCC(CCCc1cc2c(ncn2-c2ccncc2)c(CC(C)CC(=O)O)n1)CCc1ccccc1. The number of nitrogens with zero attached hydrogens (tertiary/aromatic N) is 4. The largest absolute Gasteiger partial charge is 0.481 e. The fourth-order valence-corrected chi connectivity index (χ4v) is 5.24. The Kier molecular flexibility index (Phi) is 9.41. The number of pyridine rings is 2. The molecule has 0 bridgehead atoms. The standard InChI is InChI=1S/C31H38N4O2/c1-3-8-24(13-14-25-9-5-4-6-10-25)11-7-12-26-21-29-31(28(34-26)19-23(2)20-30(36)37)33-22-35(29)27-15-17-32-18-16-27/h4-6,9-10,15-18,21-24H,3,7-8,11-14,19-20H2,1-2H3,(H,36,37). The molecule has 0 amide bonds.